The lowest BCUT2D eigenvalue weighted by atomic mass is 9.79. The van der Waals surface area contributed by atoms with Crippen molar-refractivity contribution < 1.29 is 0 Å². The molecule has 0 aliphatic heterocycles. The highest BCUT2D eigenvalue weighted by atomic mass is 14.2. The maximum absolute atomic E-state index is 3.27. The zero-order chi connectivity index (χ0) is 18.1. The number of hydrogen-bond acceptors (Lipinski definition) is 0. The van der Waals surface area contributed by atoms with E-state index >= 15 is 0 Å². The van der Waals surface area contributed by atoms with Crippen LogP contribution in [0.1, 0.15) is 81.0 Å². The van der Waals surface area contributed by atoms with E-state index in [-0.39, 0.29) is 0 Å². The van der Waals surface area contributed by atoms with Gasteiger partial charge in [0, 0.05) is 11.1 Å². The quantitative estimate of drug-likeness (QED) is 0.488. The predicted octanol–water partition coefficient (Wildman–Crippen LogP) is 7.10. The van der Waals surface area contributed by atoms with Gasteiger partial charge in [0.25, 0.3) is 0 Å². The molecule has 2 aromatic rings. The van der Waals surface area contributed by atoms with Gasteiger partial charge in [-0.05, 0) is 61.4 Å². The van der Waals surface area contributed by atoms with Crippen molar-refractivity contribution in [3.8, 4) is 11.8 Å². The van der Waals surface area contributed by atoms with Crippen molar-refractivity contribution in [1.29, 1.82) is 0 Å². The van der Waals surface area contributed by atoms with Crippen LogP contribution < -0.4 is 0 Å². The van der Waals surface area contributed by atoms with E-state index < -0.39 is 0 Å². The first-order chi connectivity index (χ1) is 12.1. The second-order valence-electron chi connectivity index (χ2n) is 7.40. The normalized spacial score (nSPS) is 19.2. The molecule has 1 aliphatic carbocycles. The molecule has 0 N–H and O–H groups in total. The average molecular weight is 333 g/mol. The molecular weight excluding hydrogens is 300 g/mol. The Morgan fingerprint density at radius 2 is 1.20 bits per heavy atom. The molecule has 0 heteroatoms. The monoisotopic (exact) mass is 332 g/mol. The molecule has 1 fully saturated rings. The summed E-state index contributed by atoms with van der Waals surface area (Å²) in [5, 5.41) is 0. The zero-order valence-corrected chi connectivity index (χ0v) is 16.3. The molecule has 0 unspecified atom stereocenters. The molecular formula is C25H32. The molecule has 0 saturated heterocycles. The lowest BCUT2D eigenvalue weighted by Crippen LogP contribution is -2.10. The molecule has 1 saturated carbocycles. The maximum Gasteiger partial charge on any atom is 0.0249 e. The zero-order valence-electron chi connectivity index (χ0n) is 16.3. The highest BCUT2D eigenvalue weighted by Gasteiger charge is 2.19. The summed E-state index contributed by atoms with van der Waals surface area (Å²) in [6.45, 7) is 8.72. The number of aryl methyl sites for hydroxylation is 1. The molecule has 132 valence electrons. The minimum Gasteiger partial charge on any atom is -0.0656 e. The topological polar surface area (TPSA) is 0 Å². The molecule has 3 rings (SSSR count). The van der Waals surface area contributed by atoms with Gasteiger partial charge < -0.3 is 0 Å². The summed E-state index contributed by atoms with van der Waals surface area (Å²) >= 11 is 0. The third-order valence-electron chi connectivity index (χ3n) is 4.80. The summed E-state index contributed by atoms with van der Waals surface area (Å²) < 4.78 is 0. The molecule has 0 amide bonds. The van der Waals surface area contributed by atoms with Gasteiger partial charge in [0.2, 0.25) is 0 Å². The third kappa shape index (κ3) is 6.43. The Kier molecular flexibility index (Phi) is 7.80. The predicted molar refractivity (Wildman–Crippen MR) is 110 cm³/mol. The molecule has 0 radical (unpaired) electrons. The smallest absolute Gasteiger partial charge is 0.0249 e. The second kappa shape index (κ2) is 10.1. The Morgan fingerprint density at radius 3 is 1.68 bits per heavy atom. The summed E-state index contributed by atoms with van der Waals surface area (Å²) in [6, 6.07) is 17.3. The Labute approximate surface area is 154 Å². The van der Waals surface area contributed by atoms with Crippen LogP contribution >= 0.6 is 0 Å². The van der Waals surface area contributed by atoms with Crippen molar-refractivity contribution in [2.24, 2.45) is 5.92 Å². The van der Waals surface area contributed by atoms with Crippen LogP contribution in [0.15, 0.2) is 48.5 Å². The molecule has 0 aromatic heterocycles. The Hall–Kier alpha value is -2.00. The SMILES string of the molecule is CCC.Cc1ccc(C#Cc2ccc(C3CCC(C)CC3)cc2)cc1. The van der Waals surface area contributed by atoms with Crippen molar-refractivity contribution >= 4 is 0 Å². The maximum atomic E-state index is 3.27. The largest absolute Gasteiger partial charge is 0.0656 e. The van der Waals surface area contributed by atoms with Crippen LogP contribution in [0.3, 0.4) is 0 Å². The number of hydrogen-bond donors (Lipinski definition) is 0. The van der Waals surface area contributed by atoms with Gasteiger partial charge in [-0.15, -0.1) is 0 Å². The Bertz CT molecular complexity index is 672. The number of rotatable bonds is 1. The first kappa shape index (κ1) is 19.3. The lowest BCUT2D eigenvalue weighted by molar-refractivity contribution is 0.348. The molecule has 0 bridgehead atoms. The minimum absolute atomic E-state index is 0.760. The Balaban J connectivity index is 0.000000701. The lowest BCUT2D eigenvalue weighted by Gasteiger charge is -2.26. The fourth-order valence-electron chi connectivity index (χ4n) is 3.21. The molecule has 0 spiro atoms. The highest BCUT2D eigenvalue weighted by Crippen LogP contribution is 2.35. The average Bonchev–Trinajstić information content (AvgIpc) is 2.63. The van der Waals surface area contributed by atoms with Crippen molar-refractivity contribution in [1.82, 2.24) is 0 Å². The fourth-order valence-corrected chi connectivity index (χ4v) is 3.21. The van der Waals surface area contributed by atoms with Crippen molar-refractivity contribution in [2.75, 3.05) is 0 Å². The van der Waals surface area contributed by atoms with Crippen LogP contribution in [0.25, 0.3) is 0 Å². The molecule has 1 aliphatic rings. The van der Waals surface area contributed by atoms with Gasteiger partial charge >= 0.3 is 0 Å². The Morgan fingerprint density at radius 1 is 0.760 bits per heavy atom. The van der Waals surface area contributed by atoms with Crippen LogP contribution in [0.2, 0.25) is 0 Å². The highest BCUT2D eigenvalue weighted by molar-refractivity contribution is 5.44. The summed E-state index contributed by atoms with van der Waals surface area (Å²) in [7, 11) is 0. The van der Waals surface area contributed by atoms with Gasteiger partial charge in [0.1, 0.15) is 0 Å². The summed E-state index contributed by atoms with van der Waals surface area (Å²) in [5.74, 6) is 8.18. The van der Waals surface area contributed by atoms with E-state index in [9.17, 15) is 0 Å². The summed E-state index contributed by atoms with van der Waals surface area (Å²) in [4.78, 5) is 0. The molecule has 2 aromatic carbocycles. The molecule has 25 heavy (non-hydrogen) atoms. The van der Waals surface area contributed by atoms with E-state index in [0.717, 1.165) is 23.0 Å². The van der Waals surface area contributed by atoms with Crippen LogP contribution in [0.4, 0.5) is 0 Å². The van der Waals surface area contributed by atoms with Crippen molar-refractivity contribution in [3.63, 3.8) is 0 Å². The van der Waals surface area contributed by atoms with Gasteiger partial charge in [-0.1, -0.05) is 81.7 Å². The van der Waals surface area contributed by atoms with Crippen LogP contribution in [-0.4, -0.2) is 0 Å². The van der Waals surface area contributed by atoms with E-state index in [0.29, 0.717) is 0 Å². The van der Waals surface area contributed by atoms with Gasteiger partial charge in [0.15, 0.2) is 0 Å². The minimum atomic E-state index is 0.760. The molecule has 0 atom stereocenters. The molecule has 0 heterocycles. The number of benzene rings is 2. The molecule has 0 nitrogen and oxygen atoms in total. The summed E-state index contributed by atoms with van der Waals surface area (Å²) in [6.07, 6.45) is 6.68. The van der Waals surface area contributed by atoms with Crippen LogP contribution in [-0.2, 0) is 0 Å². The van der Waals surface area contributed by atoms with Gasteiger partial charge in [-0.3, -0.25) is 0 Å². The van der Waals surface area contributed by atoms with Crippen LogP contribution in [0.5, 0.6) is 0 Å². The van der Waals surface area contributed by atoms with Crippen LogP contribution in [0, 0.1) is 24.7 Å². The standard InChI is InChI=1S/C22H24.C3H8/c1-17-3-7-19(8-4-17)9-10-20-11-15-22(16-12-20)21-13-5-18(2)6-14-21;1-3-2/h3-4,7-8,11-12,15-16,18,21H,5-6,13-14H2,1-2H3;3H2,1-2H3. The van der Waals surface area contributed by atoms with E-state index in [1.54, 1.807) is 0 Å². The third-order valence-corrected chi connectivity index (χ3v) is 4.80. The van der Waals surface area contributed by atoms with E-state index in [4.69, 9.17) is 0 Å². The van der Waals surface area contributed by atoms with Gasteiger partial charge in [-0.2, -0.15) is 0 Å². The van der Waals surface area contributed by atoms with E-state index in [2.05, 4.69) is 88.1 Å². The van der Waals surface area contributed by atoms with E-state index in [1.165, 1.54) is 43.2 Å². The van der Waals surface area contributed by atoms with E-state index in [1.807, 2.05) is 0 Å². The first-order valence-electron chi connectivity index (χ1n) is 9.81. The first-order valence-corrected chi connectivity index (χ1v) is 9.81. The van der Waals surface area contributed by atoms with Gasteiger partial charge in [0.05, 0.1) is 0 Å². The van der Waals surface area contributed by atoms with Gasteiger partial charge in [-0.25, -0.2) is 0 Å². The summed E-state index contributed by atoms with van der Waals surface area (Å²) in [5.41, 5.74) is 4.95. The van der Waals surface area contributed by atoms with Crippen molar-refractivity contribution in [2.45, 2.75) is 65.7 Å². The second-order valence-corrected chi connectivity index (χ2v) is 7.40. The fraction of sp³-hybridized carbons (Fsp3) is 0.440. The van der Waals surface area contributed by atoms with Crippen molar-refractivity contribution in [3.05, 3.63) is 70.8 Å².